The number of nitrogen functional groups attached to an aromatic ring is 1. The lowest BCUT2D eigenvalue weighted by atomic mass is 9.85. The molecular weight excluding hydrogens is 488 g/mol. The maximum Gasteiger partial charge on any atom is 0.404 e. The van der Waals surface area contributed by atoms with Gasteiger partial charge >= 0.3 is 6.09 Å². The van der Waals surface area contributed by atoms with Crippen molar-refractivity contribution >= 4 is 40.0 Å². The number of fused-ring (bicyclic) bond motifs is 1. The van der Waals surface area contributed by atoms with E-state index >= 15 is 0 Å². The Bertz CT molecular complexity index is 1330. The number of nitrogens with zero attached hydrogens (tertiary/aromatic N) is 3. The molecule has 2 unspecified atom stereocenters. The molecule has 5 rings (SSSR count). The van der Waals surface area contributed by atoms with Crippen LogP contribution in [0.1, 0.15) is 16.1 Å². The number of rotatable bonds is 6. The average Bonchev–Trinajstić information content (AvgIpc) is 2.91. The Morgan fingerprint density at radius 3 is 2.79 bits per heavy atom. The molecule has 0 aliphatic carbocycles. The molecule has 2 saturated heterocycles. The number of hydrogen-bond acceptors (Lipinski definition) is 9. The monoisotopic (exact) mass is 520 g/mol. The number of carbonyl (C=O) groups is 2. The number of carboxylic acid groups (broad SMARTS) is 1. The van der Waals surface area contributed by atoms with Crippen molar-refractivity contribution in [2.24, 2.45) is 11.7 Å². The highest BCUT2D eigenvalue weighted by atomic mass is 16.5. The summed E-state index contributed by atoms with van der Waals surface area (Å²) in [5.41, 5.74) is 15.8. The normalized spacial score (nSPS) is 21.7. The molecule has 0 saturated carbocycles. The van der Waals surface area contributed by atoms with E-state index in [1.807, 2.05) is 18.2 Å². The van der Waals surface area contributed by atoms with E-state index in [4.69, 9.17) is 16.2 Å². The van der Waals surface area contributed by atoms with Gasteiger partial charge in [0.1, 0.15) is 0 Å². The van der Waals surface area contributed by atoms with E-state index in [2.05, 4.69) is 30.8 Å². The topological polar surface area (TPSA) is 181 Å². The second-order valence-corrected chi connectivity index (χ2v) is 9.65. The highest BCUT2D eigenvalue weighted by Crippen LogP contribution is 2.27. The number of hydrogen-bond donors (Lipinski definition) is 6. The van der Waals surface area contributed by atoms with E-state index in [9.17, 15) is 14.7 Å². The van der Waals surface area contributed by atoms with Crippen LogP contribution in [0.15, 0.2) is 42.7 Å². The Kier molecular flexibility index (Phi) is 7.54. The van der Waals surface area contributed by atoms with Crippen molar-refractivity contribution in [1.29, 1.82) is 0 Å². The molecule has 4 heterocycles. The molecule has 38 heavy (non-hydrogen) atoms. The summed E-state index contributed by atoms with van der Waals surface area (Å²) in [6.45, 7) is 4.03. The molecule has 2 aliphatic rings. The Balaban J connectivity index is 1.37. The van der Waals surface area contributed by atoms with E-state index in [-0.39, 0.29) is 23.3 Å². The minimum atomic E-state index is -1.12. The lowest BCUT2D eigenvalue weighted by molar-refractivity contribution is 0.102. The Morgan fingerprint density at radius 1 is 1.18 bits per heavy atom. The first-order valence-corrected chi connectivity index (χ1v) is 12.6. The number of morpholine rings is 1. The smallest absolute Gasteiger partial charge is 0.404 e. The Hall–Kier alpha value is -4.00. The summed E-state index contributed by atoms with van der Waals surface area (Å²) in [6, 6.07) is 8.70. The van der Waals surface area contributed by atoms with Crippen molar-refractivity contribution in [1.82, 2.24) is 20.6 Å². The molecule has 200 valence electrons. The number of nitrogens with two attached hydrogens (primary N) is 2. The minimum Gasteiger partial charge on any atom is -0.465 e. The molecule has 12 nitrogen and oxygen atoms in total. The van der Waals surface area contributed by atoms with Gasteiger partial charge in [-0.3, -0.25) is 9.78 Å². The zero-order valence-electron chi connectivity index (χ0n) is 20.9. The van der Waals surface area contributed by atoms with E-state index in [0.717, 1.165) is 29.7 Å². The van der Waals surface area contributed by atoms with Gasteiger partial charge in [0, 0.05) is 49.5 Å². The molecule has 2 aliphatic heterocycles. The van der Waals surface area contributed by atoms with Gasteiger partial charge in [-0.1, -0.05) is 6.07 Å². The van der Waals surface area contributed by atoms with Crippen molar-refractivity contribution in [2.75, 3.05) is 55.3 Å². The van der Waals surface area contributed by atoms with Gasteiger partial charge in [0.25, 0.3) is 5.91 Å². The first kappa shape index (κ1) is 25.6. The zero-order chi connectivity index (χ0) is 26.6. The summed E-state index contributed by atoms with van der Waals surface area (Å²) in [4.78, 5) is 35.7. The molecule has 0 spiro atoms. The van der Waals surface area contributed by atoms with Gasteiger partial charge in [-0.05, 0) is 42.2 Å². The zero-order valence-corrected chi connectivity index (χ0v) is 20.9. The maximum absolute atomic E-state index is 13.3. The number of carbonyl (C=O) groups excluding carboxylic acids is 1. The number of ether oxygens (including phenoxy) is 1. The predicted molar refractivity (Wildman–Crippen MR) is 144 cm³/mol. The largest absolute Gasteiger partial charge is 0.465 e. The number of amides is 2. The van der Waals surface area contributed by atoms with Crippen LogP contribution in [0.5, 0.6) is 0 Å². The fraction of sp³-hybridized carbons (Fsp3) is 0.385. The van der Waals surface area contributed by atoms with Crippen LogP contribution < -0.4 is 32.3 Å². The lowest BCUT2D eigenvalue weighted by Crippen LogP contribution is -2.61. The fourth-order valence-electron chi connectivity index (χ4n) is 5.16. The van der Waals surface area contributed by atoms with Crippen molar-refractivity contribution in [3.8, 4) is 0 Å². The summed E-state index contributed by atoms with van der Waals surface area (Å²) in [5, 5.41) is 18.8. The molecule has 0 radical (unpaired) electrons. The number of piperidine rings is 1. The lowest BCUT2D eigenvalue weighted by Gasteiger charge is -2.37. The van der Waals surface area contributed by atoms with Crippen LogP contribution in [-0.2, 0) is 11.2 Å². The highest BCUT2D eigenvalue weighted by Gasteiger charge is 2.33. The number of aromatic nitrogens is 2. The quantitative estimate of drug-likeness (QED) is 0.275. The number of anilines is 3. The van der Waals surface area contributed by atoms with E-state index < -0.39 is 18.0 Å². The Labute approximate surface area is 219 Å². The maximum atomic E-state index is 13.3. The summed E-state index contributed by atoms with van der Waals surface area (Å²) < 4.78 is 5.45. The van der Waals surface area contributed by atoms with Gasteiger partial charge < -0.3 is 42.2 Å². The van der Waals surface area contributed by atoms with Crippen molar-refractivity contribution in [3.05, 3.63) is 54.0 Å². The predicted octanol–water partition coefficient (Wildman–Crippen LogP) is 1.03. The minimum absolute atomic E-state index is 0.115. The first-order valence-electron chi connectivity index (χ1n) is 12.6. The SMILES string of the molecule is Nc1cc2ccc(N3CCOCC3)cc2nc1C(=O)Nc1cnccc1C[C@H]1CNCC(N)C1NC(=O)O. The summed E-state index contributed by atoms with van der Waals surface area (Å²) in [5.74, 6) is -0.565. The average molecular weight is 521 g/mol. The molecule has 2 amide bonds. The van der Waals surface area contributed by atoms with Crippen molar-refractivity contribution in [3.63, 3.8) is 0 Å². The molecular formula is C26H32N8O4. The Morgan fingerprint density at radius 2 is 2.00 bits per heavy atom. The van der Waals surface area contributed by atoms with Crippen LogP contribution >= 0.6 is 0 Å². The van der Waals surface area contributed by atoms with Crippen molar-refractivity contribution < 1.29 is 19.4 Å². The van der Waals surface area contributed by atoms with Crippen LogP contribution in [0, 0.1) is 5.92 Å². The number of nitrogens with one attached hydrogen (secondary N) is 3. The van der Waals surface area contributed by atoms with Crippen LogP contribution in [0.3, 0.4) is 0 Å². The summed E-state index contributed by atoms with van der Waals surface area (Å²) in [6.07, 6.45) is 2.57. The van der Waals surface area contributed by atoms with E-state index in [1.165, 1.54) is 0 Å². The number of benzene rings is 1. The second-order valence-electron chi connectivity index (χ2n) is 9.65. The standard InChI is InChI=1S/C26H32N8O4/c27-19-10-15-1-2-18(34-5-7-38-8-6-34)11-21(15)31-24(19)25(35)32-22-14-29-4-3-16(22)9-17-12-30-13-20(28)23(17)33-26(36)37/h1-4,10-11,14,17,20,23,30,33H,5-9,12-13,27-28H2,(H,32,35)(H,36,37)/t17-,20?,23?/m0/s1. The first-order chi connectivity index (χ1) is 18.4. The van der Waals surface area contributed by atoms with Gasteiger partial charge in [0.05, 0.1) is 42.3 Å². The third-order valence-corrected chi connectivity index (χ3v) is 7.11. The molecule has 0 bridgehead atoms. The van der Waals surface area contributed by atoms with Gasteiger partial charge in [-0.2, -0.15) is 0 Å². The third kappa shape index (κ3) is 5.62. The van der Waals surface area contributed by atoms with Crippen LogP contribution in [0.2, 0.25) is 0 Å². The van der Waals surface area contributed by atoms with Gasteiger partial charge in [0.15, 0.2) is 5.69 Å². The van der Waals surface area contributed by atoms with Crippen LogP contribution in [0.4, 0.5) is 21.9 Å². The second kappa shape index (κ2) is 11.2. The van der Waals surface area contributed by atoms with E-state index in [1.54, 1.807) is 24.5 Å². The summed E-state index contributed by atoms with van der Waals surface area (Å²) >= 11 is 0. The van der Waals surface area contributed by atoms with Crippen LogP contribution in [-0.4, -0.2) is 78.6 Å². The third-order valence-electron chi connectivity index (χ3n) is 7.11. The molecule has 8 N–H and O–H groups in total. The van der Waals surface area contributed by atoms with Crippen LogP contribution in [0.25, 0.3) is 10.9 Å². The van der Waals surface area contributed by atoms with E-state index in [0.29, 0.717) is 43.9 Å². The fourth-order valence-corrected chi connectivity index (χ4v) is 5.16. The molecule has 3 aromatic rings. The molecule has 12 heteroatoms. The molecule has 1 aromatic carbocycles. The van der Waals surface area contributed by atoms with Crippen molar-refractivity contribution in [2.45, 2.75) is 18.5 Å². The van der Waals surface area contributed by atoms with Gasteiger partial charge in [-0.15, -0.1) is 0 Å². The molecule has 3 atom stereocenters. The highest BCUT2D eigenvalue weighted by molar-refractivity contribution is 6.08. The molecule has 2 fully saturated rings. The van der Waals surface area contributed by atoms with Gasteiger partial charge in [-0.25, -0.2) is 9.78 Å². The number of pyridine rings is 2. The van der Waals surface area contributed by atoms with Gasteiger partial charge in [0.2, 0.25) is 0 Å². The summed E-state index contributed by atoms with van der Waals surface area (Å²) in [7, 11) is 0. The molecule has 2 aromatic heterocycles.